The van der Waals surface area contributed by atoms with E-state index in [9.17, 15) is 25.0 Å². The van der Waals surface area contributed by atoms with Gasteiger partial charge in [0, 0.05) is 17.7 Å². The number of benzene rings is 2. The number of nitro benzene ring substituents is 1. The van der Waals surface area contributed by atoms with E-state index in [2.05, 4.69) is 15.6 Å². The Morgan fingerprint density at radius 1 is 1.27 bits per heavy atom. The Kier molecular flexibility index (Phi) is 6.90. The molecule has 166 valence electrons. The number of nitro groups is 1. The van der Waals surface area contributed by atoms with E-state index in [1.807, 2.05) is 13.0 Å². The van der Waals surface area contributed by atoms with Crippen molar-refractivity contribution < 1.29 is 14.5 Å². The SMILES string of the molecule is CCOc1ccc(-n2nc(C(=O)N/N=C/c3ccc([N+](=O)[O-])cc3)c(C)c(C#N)c2=O)cc1. The van der Waals surface area contributed by atoms with Crippen molar-refractivity contribution in [3.8, 4) is 17.5 Å². The third-order valence-corrected chi connectivity index (χ3v) is 4.54. The summed E-state index contributed by atoms with van der Waals surface area (Å²) in [5.74, 6) is -0.137. The number of ether oxygens (including phenoxy) is 1. The van der Waals surface area contributed by atoms with Gasteiger partial charge in [-0.2, -0.15) is 20.1 Å². The van der Waals surface area contributed by atoms with Crippen LogP contribution < -0.4 is 15.7 Å². The van der Waals surface area contributed by atoms with Gasteiger partial charge in [0.25, 0.3) is 17.2 Å². The van der Waals surface area contributed by atoms with Crippen molar-refractivity contribution >= 4 is 17.8 Å². The standard InChI is InChI=1S/C22H18N6O5/c1-3-33-18-10-8-16(9-11-18)27-22(30)19(12-23)14(2)20(26-27)21(29)25-24-13-15-4-6-17(7-5-15)28(31)32/h4-11,13H,3H2,1-2H3,(H,25,29)/b24-13+. The smallest absolute Gasteiger partial charge is 0.292 e. The van der Waals surface area contributed by atoms with Crippen LogP contribution in [0.3, 0.4) is 0 Å². The maximum absolute atomic E-state index is 12.7. The highest BCUT2D eigenvalue weighted by Crippen LogP contribution is 2.15. The van der Waals surface area contributed by atoms with E-state index in [0.29, 0.717) is 23.6 Å². The lowest BCUT2D eigenvalue weighted by atomic mass is 10.1. The number of nitriles is 1. The number of nitrogens with one attached hydrogen (secondary N) is 1. The van der Waals surface area contributed by atoms with Crippen LogP contribution >= 0.6 is 0 Å². The number of rotatable bonds is 7. The van der Waals surface area contributed by atoms with Gasteiger partial charge in [0.1, 0.15) is 17.4 Å². The monoisotopic (exact) mass is 446 g/mol. The van der Waals surface area contributed by atoms with Crippen LogP contribution in [0.15, 0.2) is 58.4 Å². The number of non-ortho nitro benzene ring substituents is 1. The lowest BCUT2D eigenvalue weighted by Gasteiger charge is -2.11. The van der Waals surface area contributed by atoms with E-state index in [1.54, 1.807) is 24.3 Å². The second kappa shape index (κ2) is 9.97. The number of carbonyl (C=O) groups excluding carboxylic acids is 1. The van der Waals surface area contributed by atoms with Crippen LogP contribution in [0.1, 0.15) is 34.1 Å². The van der Waals surface area contributed by atoms with Crippen molar-refractivity contribution in [3.63, 3.8) is 0 Å². The Morgan fingerprint density at radius 3 is 2.52 bits per heavy atom. The number of hydrazone groups is 1. The molecule has 2 aromatic carbocycles. The highest BCUT2D eigenvalue weighted by molar-refractivity contribution is 5.94. The minimum Gasteiger partial charge on any atom is -0.494 e. The minimum absolute atomic E-state index is 0.0726. The van der Waals surface area contributed by atoms with Gasteiger partial charge >= 0.3 is 0 Å². The van der Waals surface area contributed by atoms with Crippen LogP contribution in [0.25, 0.3) is 5.69 Å². The van der Waals surface area contributed by atoms with Gasteiger partial charge < -0.3 is 4.74 Å². The van der Waals surface area contributed by atoms with E-state index >= 15 is 0 Å². The third kappa shape index (κ3) is 5.08. The van der Waals surface area contributed by atoms with Crippen LogP contribution in [0.2, 0.25) is 0 Å². The van der Waals surface area contributed by atoms with E-state index in [1.165, 1.54) is 37.4 Å². The molecule has 0 atom stereocenters. The number of hydrogen-bond acceptors (Lipinski definition) is 8. The molecule has 0 spiro atoms. The second-order valence-electron chi connectivity index (χ2n) is 6.65. The Hall–Kier alpha value is -4.85. The largest absolute Gasteiger partial charge is 0.494 e. The van der Waals surface area contributed by atoms with Crippen molar-refractivity contribution in [2.24, 2.45) is 5.10 Å². The fourth-order valence-electron chi connectivity index (χ4n) is 2.88. The first kappa shape index (κ1) is 22.8. The van der Waals surface area contributed by atoms with Crippen molar-refractivity contribution in [2.75, 3.05) is 6.61 Å². The zero-order chi connectivity index (χ0) is 24.0. The van der Waals surface area contributed by atoms with E-state index in [0.717, 1.165) is 4.68 Å². The first-order valence-electron chi connectivity index (χ1n) is 9.70. The summed E-state index contributed by atoms with van der Waals surface area (Å²) in [7, 11) is 0. The van der Waals surface area contributed by atoms with Crippen molar-refractivity contribution in [1.29, 1.82) is 5.26 Å². The van der Waals surface area contributed by atoms with Crippen molar-refractivity contribution in [3.05, 3.63) is 91.4 Å². The number of aromatic nitrogens is 2. The summed E-state index contributed by atoms with van der Waals surface area (Å²) in [5, 5.41) is 28.1. The summed E-state index contributed by atoms with van der Waals surface area (Å²) in [4.78, 5) is 35.6. The summed E-state index contributed by atoms with van der Waals surface area (Å²) in [6.45, 7) is 3.77. The van der Waals surface area contributed by atoms with Crippen LogP contribution in [-0.4, -0.2) is 33.4 Å². The number of nitrogens with zero attached hydrogens (tertiary/aromatic N) is 5. The molecule has 11 nitrogen and oxygen atoms in total. The Bertz CT molecular complexity index is 1320. The van der Waals surface area contributed by atoms with Gasteiger partial charge in [-0.3, -0.25) is 19.7 Å². The van der Waals surface area contributed by atoms with E-state index in [4.69, 9.17) is 4.74 Å². The quantitative estimate of drug-likeness (QED) is 0.332. The number of hydrogen-bond donors (Lipinski definition) is 1. The van der Waals surface area contributed by atoms with Crippen LogP contribution in [0, 0.1) is 28.4 Å². The summed E-state index contributed by atoms with van der Waals surface area (Å²) >= 11 is 0. The Balaban J connectivity index is 1.89. The topological polar surface area (TPSA) is 153 Å². The summed E-state index contributed by atoms with van der Waals surface area (Å²) in [6, 6.07) is 13.8. The maximum Gasteiger partial charge on any atom is 0.292 e. The van der Waals surface area contributed by atoms with E-state index in [-0.39, 0.29) is 22.5 Å². The molecule has 0 bridgehead atoms. The molecule has 0 saturated carbocycles. The summed E-state index contributed by atoms with van der Waals surface area (Å²) in [5.41, 5.74) is 2.17. The molecule has 0 aliphatic carbocycles. The molecule has 0 saturated heterocycles. The molecule has 3 aromatic rings. The molecule has 1 aromatic heterocycles. The summed E-state index contributed by atoms with van der Waals surface area (Å²) < 4.78 is 6.35. The molecule has 11 heteroatoms. The average molecular weight is 446 g/mol. The highest BCUT2D eigenvalue weighted by Gasteiger charge is 2.20. The summed E-state index contributed by atoms with van der Waals surface area (Å²) in [6.07, 6.45) is 1.30. The Morgan fingerprint density at radius 2 is 1.94 bits per heavy atom. The van der Waals surface area contributed by atoms with Crippen LogP contribution in [-0.2, 0) is 0 Å². The predicted octanol–water partition coefficient (Wildman–Crippen LogP) is 2.48. The predicted molar refractivity (Wildman–Crippen MR) is 119 cm³/mol. The zero-order valence-corrected chi connectivity index (χ0v) is 17.7. The number of amides is 1. The first-order valence-corrected chi connectivity index (χ1v) is 9.70. The van der Waals surface area contributed by atoms with Gasteiger partial charge in [-0.25, -0.2) is 5.43 Å². The maximum atomic E-state index is 12.7. The lowest BCUT2D eigenvalue weighted by molar-refractivity contribution is -0.384. The molecule has 0 unspecified atom stereocenters. The molecule has 0 aliphatic heterocycles. The average Bonchev–Trinajstić information content (AvgIpc) is 2.81. The molecule has 1 N–H and O–H groups in total. The molecule has 0 radical (unpaired) electrons. The van der Waals surface area contributed by atoms with Crippen molar-refractivity contribution in [2.45, 2.75) is 13.8 Å². The van der Waals surface area contributed by atoms with Crippen molar-refractivity contribution in [1.82, 2.24) is 15.2 Å². The van der Waals surface area contributed by atoms with E-state index < -0.39 is 16.4 Å². The van der Waals surface area contributed by atoms with Gasteiger partial charge in [0.15, 0.2) is 5.69 Å². The molecule has 33 heavy (non-hydrogen) atoms. The second-order valence-corrected chi connectivity index (χ2v) is 6.65. The molecular formula is C22H18N6O5. The first-order chi connectivity index (χ1) is 15.8. The van der Waals surface area contributed by atoms with Gasteiger partial charge in [-0.1, -0.05) is 0 Å². The molecule has 3 rings (SSSR count). The molecular weight excluding hydrogens is 428 g/mol. The molecule has 0 fully saturated rings. The zero-order valence-electron chi connectivity index (χ0n) is 17.7. The van der Waals surface area contributed by atoms with Crippen LogP contribution in [0.5, 0.6) is 5.75 Å². The lowest BCUT2D eigenvalue weighted by Crippen LogP contribution is -2.31. The molecule has 1 heterocycles. The van der Waals surface area contributed by atoms with Crippen LogP contribution in [0.4, 0.5) is 5.69 Å². The Labute approximate surface area is 187 Å². The fraction of sp³-hybridized carbons (Fsp3) is 0.136. The normalized spacial score (nSPS) is 10.6. The minimum atomic E-state index is -0.734. The highest BCUT2D eigenvalue weighted by atomic mass is 16.6. The number of carbonyl (C=O) groups is 1. The molecule has 0 aliphatic rings. The van der Waals surface area contributed by atoms with Gasteiger partial charge in [-0.15, -0.1) is 0 Å². The van der Waals surface area contributed by atoms with Gasteiger partial charge in [0.05, 0.1) is 23.4 Å². The fourth-order valence-corrected chi connectivity index (χ4v) is 2.88. The van der Waals surface area contributed by atoms with Gasteiger partial charge in [-0.05, 0) is 55.8 Å². The third-order valence-electron chi connectivity index (χ3n) is 4.54. The van der Waals surface area contributed by atoms with Gasteiger partial charge in [0.2, 0.25) is 0 Å². The molecule has 1 amide bonds.